The molecular weight excluding hydrogens is 325 g/mol. The summed E-state index contributed by atoms with van der Waals surface area (Å²) in [5.41, 5.74) is 3.04. The molecule has 3 aromatic rings. The molecule has 2 aromatic heterocycles. The van der Waals surface area contributed by atoms with E-state index in [9.17, 15) is 9.60 Å². The number of aromatic nitrogens is 1. The fourth-order valence-corrected chi connectivity index (χ4v) is 3.53. The summed E-state index contributed by atoms with van der Waals surface area (Å²) >= 11 is 1.57. The van der Waals surface area contributed by atoms with Crippen molar-refractivity contribution in [2.45, 2.75) is 6.54 Å². The van der Waals surface area contributed by atoms with E-state index in [-0.39, 0.29) is 5.82 Å². The van der Waals surface area contributed by atoms with Crippen molar-refractivity contribution in [1.29, 1.82) is 0 Å². The number of benzene rings is 1. The van der Waals surface area contributed by atoms with Crippen LogP contribution in [0.15, 0.2) is 59.2 Å². The molecule has 0 unspecified atom stereocenters. The largest absolute Gasteiger partial charge is 0.410 e. The third-order valence-corrected chi connectivity index (χ3v) is 4.56. The molecule has 0 fully saturated rings. The topological polar surface area (TPSA) is 40.8 Å². The van der Waals surface area contributed by atoms with Gasteiger partial charge in [-0.1, -0.05) is 5.16 Å². The molecule has 3 rings (SSSR count). The van der Waals surface area contributed by atoms with Crippen molar-refractivity contribution in [3.63, 3.8) is 0 Å². The number of rotatable bonds is 5. The quantitative estimate of drug-likeness (QED) is 0.433. The van der Waals surface area contributed by atoms with E-state index >= 15 is 0 Å². The summed E-state index contributed by atoms with van der Waals surface area (Å²) in [6.45, 7) is 0.798. The zero-order valence-electron chi connectivity index (χ0n) is 13.5. The molecule has 0 saturated heterocycles. The highest BCUT2D eigenvalue weighted by molar-refractivity contribution is 7.13. The van der Waals surface area contributed by atoms with Crippen LogP contribution in [0.3, 0.4) is 0 Å². The predicted octanol–water partition coefficient (Wildman–Crippen LogP) is 3.97. The maximum Gasteiger partial charge on any atom is 0.123 e. The third-order valence-electron chi connectivity index (χ3n) is 3.65. The van der Waals surface area contributed by atoms with Crippen molar-refractivity contribution >= 4 is 17.0 Å². The lowest BCUT2D eigenvalue weighted by Crippen LogP contribution is -2.14. The first-order chi connectivity index (χ1) is 11.6. The number of halogens is 1. The lowest BCUT2D eigenvalue weighted by molar-refractivity contribution is 0.319. The Hall–Kier alpha value is -2.44. The van der Waals surface area contributed by atoms with Crippen LogP contribution in [-0.4, -0.2) is 34.5 Å². The third kappa shape index (κ3) is 3.25. The second-order valence-electron chi connectivity index (χ2n) is 5.70. The molecule has 24 heavy (non-hydrogen) atoms. The van der Waals surface area contributed by atoms with Crippen LogP contribution in [0.1, 0.15) is 16.8 Å². The van der Waals surface area contributed by atoms with Gasteiger partial charge in [-0.2, -0.15) is 0 Å². The number of thiophene rings is 1. The number of nitrogens with zero attached hydrogens (tertiary/aromatic N) is 3. The van der Waals surface area contributed by atoms with Crippen LogP contribution in [-0.2, 0) is 6.54 Å². The monoisotopic (exact) mass is 343 g/mol. The van der Waals surface area contributed by atoms with E-state index < -0.39 is 0 Å². The molecule has 0 saturated carbocycles. The Balaban J connectivity index is 2.04. The van der Waals surface area contributed by atoms with E-state index in [4.69, 9.17) is 0 Å². The fraction of sp³-hybridized carbons (Fsp3) is 0.167. The lowest BCUT2D eigenvalue weighted by Gasteiger charge is -2.14. The van der Waals surface area contributed by atoms with Gasteiger partial charge in [0.15, 0.2) is 0 Å². The summed E-state index contributed by atoms with van der Waals surface area (Å²) in [6.07, 6.45) is 1.99. The van der Waals surface area contributed by atoms with Gasteiger partial charge in [0, 0.05) is 29.6 Å². The molecule has 0 spiro atoms. The SMILES string of the molecule is CN(C)Cc1cccn1-c1sccc1/C(=N/O)c1ccc(F)cc1. The molecule has 2 heterocycles. The van der Waals surface area contributed by atoms with Crippen molar-refractivity contribution in [1.82, 2.24) is 9.47 Å². The van der Waals surface area contributed by atoms with Crippen LogP contribution >= 0.6 is 11.3 Å². The molecule has 6 heteroatoms. The molecule has 1 N–H and O–H groups in total. The highest BCUT2D eigenvalue weighted by Gasteiger charge is 2.17. The van der Waals surface area contributed by atoms with E-state index in [1.165, 1.54) is 12.1 Å². The van der Waals surface area contributed by atoms with Crippen molar-refractivity contribution < 1.29 is 9.60 Å². The standard InChI is InChI=1S/C18H18FN3OS/c1-21(2)12-15-4-3-10-22(15)18-16(9-11-24-18)17(20-23)13-5-7-14(19)8-6-13/h3-11,23H,12H2,1-2H3/b20-17+. The highest BCUT2D eigenvalue weighted by atomic mass is 32.1. The van der Waals surface area contributed by atoms with Gasteiger partial charge >= 0.3 is 0 Å². The van der Waals surface area contributed by atoms with Gasteiger partial charge in [-0.05, 0) is 61.9 Å². The Morgan fingerprint density at radius 1 is 1.21 bits per heavy atom. The molecule has 1 aromatic carbocycles. The first kappa shape index (κ1) is 16.4. The molecule has 0 radical (unpaired) electrons. The molecule has 0 aliphatic rings. The van der Waals surface area contributed by atoms with Crippen LogP contribution in [0.25, 0.3) is 5.00 Å². The molecular formula is C18H18FN3OS. The Morgan fingerprint density at radius 2 is 1.96 bits per heavy atom. The minimum absolute atomic E-state index is 0.319. The number of oxime groups is 1. The predicted molar refractivity (Wildman–Crippen MR) is 94.9 cm³/mol. The van der Waals surface area contributed by atoms with Crippen LogP contribution in [0.2, 0.25) is 0 Å². The molecule has 0 amide bonds. The Bertz CT molecular complexity index is 849. The summed E-state index contributed by atoms with van der Waals surface area (Å²) in [4.78, 5) is 2.10. The highest BCUT2D eigenvalue weighted by Crippen LogP contribution is 2.27. The van der Waals surface area contributed by atoms with Gasteiger partial charge in [-0.25, -0.2) is 4.39 Å². The van der Waals surface area contributed by atoms with Crippen molar-refractivity contribution in [2.24, 2.45) is 5.16 Å². The van der Waals surface area contributed by atoms with E-state index in [0.29, 0.717) is 11.3 Å². The minimum Gasteiger partial charge on any atom is -0.410 e. The second-order valence-corrected chi connectivity index (χ2v) is 6.60. The first-order valence-electron chi connectivity index (χ1n) is 7.47. The molecule has 4 nitrogen and oxygen atoms in total. The summed E-state index contributed by atoms with van der Waals surface area (Å²) in [6, 6.07) is 11.9. The Labute approximate surface area is 144 Å². The summed E-state index contributed by atoms with van der Waals surface area (Å²) in [5, 5.41) is 15.9. The molecule has 124 valence electrons. The fourth-order valence-electron chi connectivity index (χ4n) is 2.61. The van der Waals surface area contributed by atoms with Crippen LogP contribution in [0.5, 0.6) is 0 Å². The van der Waals surface area contributed by atoms with Gasteiger partial charge in [0.05, 0.1) is 0 Å². The second kappa shape index (κ2) is 6.98. The van der Waals surface area contributed by atoms with E-state index in [1.807, 2.05) is 37.8 Å². The minimum atomic E-state index is -0.319. The molecule has 0 aliphatic heterocycles. The molecule has 0 atom stereocenters. The Kier molecular flexibility index (Phi) is 4.78. The van der Waals surface area contributed by atoms with Crippen molar-refractivity contribution in [3.05, 3.63) is 76.7 Å². The van der Waals surface area contributed by atoms with Gasteiger partial charge in [-0.3, -0.25) is 0 Å². The summed E-state index contributed by atoms with van der Waals surface area (Å²) < 4.78 is 15.3. The molecule has 0 bridgehead atoms. The van der Waals surface area contributed by atoms with Crippen molar-refractivity contribution in [2.75, 3.05) is 14.1 Å². The first-order valence-corrected chi connectivity index (χ1v) is 8.35. The van der Waals surface area contributed by atoms with Crippen LogP contribution in [0.4, 0.5) is 4.39 Å². The van der Waals surface area contributed by atoms with E-state index in [2.05, 4.69) is 20.7 Å². The average molecular weight is 343 g/mol. The zero-order valence-corrected chi connectivity index (χ0v) is 14.3. The normalized spacial score (nSPS) is 12.1. The van der Waals surface area contributed by atoms with Crippen molar-refractivity contribution in [3.8, 4) is 5.00 Å². The van der Waals surface area contributed by atoms with E-state index in [1.54, 1.807) is 23.5 Å². The zero-order chi connectivity index (χ0) is 17.1. The van der Waals surface area contributed by atoms with Crippen LogP contribution in [0, 0.1) is 5.82 Å². The Morgan fingerprint density at radius 3 is 2.62 bits per heavy atom. The number of hydrogen-bond acceptors (Lipinski definition) is 4. The lowest BCUT2D eigenvalue weighted by atomic mass is 10.0. The van der Waals surface area contributed by atoms with Crippen LogP contribution < -0.4 is 0 Å². The smallest absolute Gasteiger partial charge is 0.123 e. The van der Waals surface area contributed by atoms with Gasteiger partial charge in [0.2, 0.25) is 0 Å². The van der Waals surface area contributed by atoms with Gasteiger partial charge in [0.1, 0.15) is 16.5 Å². The maximum atomic E-state index is 13.2. The maximum absolute atomic E-state index is 13.2. The van der Waals surface area contributed by atoms with E-state index in [0.717, 1.165) is 22.8 Å². The summed E-state index contributed by atoms with van der Waals surface area (Å²) in [7, 11) is 4.04. The summed E-state index contributed by atoms with van der Waals surface area (Å²) in [5.74, 6) is -0.319. The van der Waals surface area contributed by atoms with Gasteiger partial charge in [-0.15, -0.1) is 11.3 Å². The van der Waals surface area contributed by atoms with Gasteiger partial charge < -0.3 is 14.7 Å². The van der Waals surface area contributed by atoms with Gasteiger partial charge in [0.25, 0.3) is 0 Å². The molecule has 0 aliphatic carbocycles. The number of hydrogen-bond donors (Lipinski definition) is 1. The average Bonchev–Trinajstić information content (AvgIpc) is 3.18.